The molecule has 0 saturated carbocycles. The number of benzene rings is 1. The number of hydrogen-bond acceptors (Lipinski definition) is 3. The molecule has 0 bridgehead atoms. The maximum Gasteiger partial charge on any atom is 0.123 e. The van der Waals surface area contributed by atoms with Gasteiger partial charge in [0.15, 0.2) is 0 Å². The van der Waals surface area contributed by atoms with Crippen molar-refractivity contribution in [3.63, 3.8) is 0 Å². The second-order valence-corrected chi connectivity index (χ2v) is 4.83. The first-order chi connectivity index (χ1) is 8.19. The number of aromatic nitrogens is 1. The zero-order valence-corrected chi connectivity index (χ0v) is 10.3. The van der Waals surface area contributed by atoms with Crippen LogP contribution in [0.25, 0.3) is 0 Å². The van der Waals surface area contributed by atoms with Crippen molar-refractivity contribution >= 4 is 23.4 Å². The molecule has 0 aliphatic carbocycles. The van der Waals surface area contributed by atoms with Crippen molar-refractivity contribution in [3.8, 4) is 0 Å². The van der Waals surface area contributed by atoms with E-state index in [9.17, 15) is 4.39 Å². The predicted octanol–water partition coefficient (Wildman–Crippen LogP) is 3.52. The topological polar surface area (TPSA) is 33.1 Å². The molecule has 0 aliphatic rings. The van der Waals surface area contributed by atoms with Crippen LogP contribution in [0.1, 0.15) is 5.56 Å². The average molecular weight is 270 g/mol. The lowest BCUT2D eigenvalue weighted by Crippen LogP contribution is -1.90. The van der Waals surface area contributed by atoms with Crippen molar-refractivity contribution in [2.75, 3.05) is 0 Å². The van der Waals surface area contributed by atoms with Crippen molar-refractivity contribution in [3.05, 3.63) is 52.9 Å². The molecule has 1 heterocycles. The number of pyridine rings is 1. The number of hydrogen-bond donors (Lipinski definition) is 1. The SMILES string of the molecule is OCc1cc(F)ccc1Sc1ccc(Cl)cn1. The fourth-order valence-electron chi connectivity index (χ4n) is 1.31. The third kappa shape index (κ3) is 3.19. The molecule has 2 nitrogen and oxygen atoms in total. The van der Waals surface area contributed by atoms with Gasteiger partial charge in [-0.25, -0.2) is 9.37 Å². The first kappa shape index (κ1) is 12.4. The van der Waals surface area contributed by atoms with Crippen LogP contribution < -0.4 is 0 Å². The molecule has 0 saturated heterocycles. The number of halogens is 2. The van der Waals surface area contributed by atoms with E-state index < -0.39 is 0 Å². The van der Waals surface area contributed by atoms with Crippen LogP contribution in [0.5, 0.6) is 0 Å². The molecule has 17 heavy (non-hydrogen) atoms. The van der Waals surface area contributed by atoms with Gasteiger partial charge in [0.05, 0.1) is 11.6 Å². The molecule has 0 spiro atoms. The molecule has 88 valence electrons. The first-order valence-electron chi connectivity index (χ1n) is 4.88. The van der Waals surface area contributed by atoms with Gasteiger partial charge >= 0.3 is 0 Å². The fourth-order valence-corrected chi connectivity index (χ4v) is 2.28. The Morgan fingerprint density at radius 3 is 2.76 bits per heavy atom. The highest BCUT2D eigenvalue weighted by Gasteiger charge is 2.06. The van der Waals surface area contributed by atoms with Gasteiger partial charge < -0.3 is 5.11 Å². The second-order valence-electron chi connectivity index (χ2n) is 3.33. The van der Waals surface area contributed by atoms with Crippen LogP contribution >= 0.6 is 23.4 Å². The maximum absolute atomic E-state index is 13.0. The summed E-state index contributed by atoms with van der Waals surface area (Å²) in [7, 11) is 0. The molecule has 0 fully saturated rings. The summed E-state index contributed by atoms with van der Waals surface area (Å²) in [5, 5.41) is 10.5. The van der Waals surface area contributed by atoms with Crippen LogP contribution in [-0.4, -0.2) is 10.1 Å². The Morgan fingerprint density at radius 1 is 1.29 bits per heavy atom. The van der Waals surface area contributed by atoms with E-state index in [0.29, 0.717) is 10.6 Å². The van der Waals surface area contributed by atoms with E-state index in [2.05, 4.69) is 4.98 Å². The Balaban J connectivity index is 2.26. The van der Waals surface area contributed by atoms with E-state index in [0.717, 1.165) is 9.92 Å². The van der Waals surface area contributed by atoms with E-state index in [1.807, 2.05) is 0 Å². The van der Waals surface area contributed by atoms with Crippen molar-refractivity contribution in [2.24, 2.45) is 0 Å². The van der Waals surface area contributed by atoms with Crippen LogP contribution in [0.15, 0.2) is 46.5 Å². The highest BCUT2D eigenvalue weighted by molar-refractivity contribution is 7.99. The van der Waals surface area contributed by atoms with Gasteiger partial charge in [-0.3, -0.25) is 0 Å². The predicted molar refractivity (Wildman–Crippen MR) is 65.7 cm³/mol. The lowest BCUT2D eigenvalue weighted by atomic mass is 10.2. The third-order valence-corrected chi connectivity index (χ3v) is 3.40. The average Bonchev–Trinajstić information content (AvgIpc) is 2.34. The Kier molecular flexibility index (Phi) is 3.99. The summed E-state index contributed by atoms with van der Waals surface area (Å²) in [4.78, 5) is 4.91. The second kappa shape index (κ2) is 5.49. The molecule has 0 aliphatic heterocycles. The Labute approximate surface area is 107 Å². The lowest BCUT2D eigenvalue weighted by Gasteiger charge is -2.06. The van der Waals surface area contributed by atoms with Crippen molar-refractivity contribution in [1.82, 2.24) is 4.98 Å². The molecule has 2 aromatic rings. The van der Waals surface area contributed by atoms with Crippen molar-refractivity contribution < 1.29 is 9.50 Å². The van der Waals surface area contributed by atoms with Gasteiger partial charge in [0, 0.05) is 11.1 Å². The molecule has 0 atom stereocenters. The summed E-state index contributed by atoms with van der Waals surface area (Å²) < 4.78 is 13.0. The van der Waals surface area contributed by atoms with Gasteiger partial charge in [0.2, 0.25) is 0 Å². The lowest BCUT2D eigenvalue weighted by molar-refractivity contribution is 0.278. The molecular weight excluding hydrogens is 261 g/mol. The third-order valence-electron chi connectivity index (χ3n) is 2.11. The number of aliphatic hydroxyl groups is 1. The minimum Gasteiger partial charge on any atom is -0.392 e. The molecule has 1 aromatic carbocycles. The van der Waals surface area contributed by atoms with Crippen LogP contribution in [0.2, 0.25) is 5.02 Å². The molecule has 0 radical (unpaired) electrons. The fraction of sp³-hybridized carbons (Fsp3) is 0.0833. The molecule has 0 unspecified atom stereocenters. The van der Waals surface area contributed by atoms with Gasteiger partial charge in [0.1, 0.15) is 10.8 Å². The van der Waals surface area contributed by atoms with Gasteiger partial charge in [-0.1, -0.05) is 23.4 Å². The summed E-state index contributed by atoms with van der Waals surface area (Å²) in [6.07, 6.45) is 1.55. The molecular formula is C12H9ClFNOS. The summed E-state index contributed by atoms with van der Waals surface area (Å²) in [5.74, 6) is -0.359. The minimum absolute atomic E-state index is 0.201. The molecule has 1 aromatic heterocycles. The standard InChI is InChI=1S/C12H9ClFNOS/c13-9-1-4-12(15-6-9)17-11-3-2-10(14)5-8(11)7-16/h1-6,16H,7H2. The van der Waals surface area contributed by atoms with E-state index in [1.54, 1.807) is 24.4 Å². The van der Waals surface area contributed by atoms with Crippen molar-refractivity contribution in [1.29, 1.82) is 0 Å². The Hall–Kier alpha value is -1.10. The quantitative estimate of drug-likeness (QED) is 0.926. The van der Waals surface area contributed by atoms with E-state index in [1.165, 1.54) is 23.9 Å². The number of rotatable bonds is 3. The van der Waals surface area contributed by atoms with Crippen LogP contribution in [0, 0.1) is 5.82 Å². The van der Waals surface area contributed by atoms with E-state index in [4.69, 9.17) is 16.7 Å². The van der Waals surface area contributed by atoms with Gasteiger partial charge in [0.25, 0.3) is 0 Å². The van der Waals surface area contributed by atoms with Crippen LogP contribution in [0.3, 0.4) is 0 Å². The Morgan fingerprint density at radius 2 is 2.12 bits per heavy atom. The maximum atomic E-state index is 13.0. The highest BCUT2D eigenvalue weighted by atomic mass is 35.5. The normalized spacial score (nSPS) is 10.5. The molecule has 0 amide bonds. The zero-order valence-electron chi connectivity index (χ0n) is 8.73. The summed E-state index contributed by atoms with van der Waals surface area (Å²) in [6.45, 7) is -0.201. The molecule has 2 rings (SSSR count). The molecule has 1 N–H and O–H groups in total. The van der Waals surface area contributed by atoms with Gasteiger partial charge in [-0.15, -0.1) is 0 Å². The van der Waals surface area contributed by atoms with E-state index in [-0.39, 0.29) is 12.4 Å². The zero-order chi connectivity index (χ0) is 12.3. The molecule has 5 heteroatoms. The smallest absolute Gasteiger partial charge is 0.123 e. The van der Waals surface area contributed by atoms with Crippen LogP contribution in [0.4, 0.5) is 4.39 Å². The minimum atomic E-state index is -0.359. The Bertz CT molecular complexity index is 518. The van der Waals surface area contributed by atoms with E-state index >= 15 is 0 Å². The number of aliphatic hydroxyl groups excluding tert-OH is 1. The first-order valence-corrected chi connectivity index (χ1v) is 6.07. The monoisotopic (exact) mass is 269 g/mol. The van der Waals surface area contributed by atoms with Crippen LogP contribution in [-0.2, 0) is 6.61 Å². The largest absolute Gasteiger partial charge is 0.392 e. The highest BCUT2D eigenvalue weighted by Crippen LogP contribution is 2.30. The summed E-state index contributed by atoms with van der Waals surface area (Å²) >= 11 is 7.09. The van der Waals surface area contributed by atoms with Gasteiger partial charge in [-0.2, -0.15) is 0 Å². The van der Waals surface area contributed by atoms with Crippen molar-refractivity contribution in [2.45, 2.75) is 16.5 Å². The number of nitrogens with zero attached hydrogens (tertiary/aromatic N) is 1. The van der Waals surface area contributed by atoms with Gasteiger partial charge in [-0.05, 0) is 35.9 Å². The summed E-state index contributed by atoms with van der Waals surface area (Å²) in [6, 6.07) is 7.81. The summed E-state index contributed by atoms with van der Waals surface area (Å²) in [5.41, 5.74) is 0.548.